The lowest BCUT2D eigenvalue weighted by molar-refractivity contribution is 0.404. The smallest absolute Gasteiger partial charge is 0.125 e. The van der Waals surface area contributed by atoms with E-state index in [0.717, 1.165) is 34.7 Å². The number of nitrogens with two attached hydrogens (primary N) is 1. The number of benzene rings is 1. The zero-order chi connectivity index (χ0) is 10.3. The van der Waals surface area contributed by atoms with Crippen LogP contribution in [-0.2, 0) is 5.54 Å². The third-order valence-electron chi connectivity index (χ3n) is 2.70. The molecule has 1 saturated carbocycles. The van der Waals surface area contributed by atoms with Gasteiger partial charge in [0, 0.05) is 16.1 Å². The highest BCUT2D eigenvalue weighted by atomic mass is 35.5. The molecule has 0 heterocycles. The normalized spacial score (nSPS) is 18.0. The fourth-order valence-corrected chi connectivity index (χ4v) is 2.19. The highest BCUT2D eigenvalue weighted by Crippen LogP contribution is 2.49. The van der Waals surface area contributed by atoms with E-state index >= 15 is 0 Å². The predicted octanol–water partition coefficient (Wildman–Crippen LogP) is 2.60. The van der Waals surface area contributed by atoms with Gasteiger partial charge >= 0.3 is 0 Å². The summed E-state index contributed by atoms with van der Waals surface area (Å²) >= 11 is 6.18. The molecule has 14 heavy (non-hydrogen) atoms. The Morgan fingerprint density at radius 3 is 2.57 bits per heavy atom. The van der Waals surface area contributed by atoms with Gasteiger partial charge in [-0.2, -0.15) is 0 Å². The number of halogens is 1. The first-order chi connectivity index (χ1) is 6.57. The Labute approximate surface area is 89.0 Å². The highest BCUT2D eigenvalue weighted by molar-refractivity contribution is 6.31. The van der Waals surface area contributed by atoms with Crippen LogP contribution >= 0.6 is 11.6 Å². The van der Waals surface area contributed by atoms with Gasteiger partial charge in [-0.1, -0.05) is 11.6 Å². The Kier molecular flexibility index (Phi) is 2.20. The molecule has 1 fully saturated rings. The van der Waals surface area contributed by atoms with Crippen LogP contribution in [0.2, 0.25) is 5.02 Å². The summed E-state index contributed by atoms with van der Waals surface area (Å²) in [6.07, 6.45) is 1.98. The number of rotatable bonds is 2. The van der Waals surface area contributed by atoms with E-state index < -0.39 is 0 Å². The van der Waals surface area contributed by atoms with E-state index in [1.807, 2.05) is 19.1 Å². The van der Waals surface area contributed by atoms with Crippen LogP contribution in [0.4, 0.5) is 0 Å². The Hall–Kier alpha value is -0.730. The van der Waals surface area contributed by atoms with Crippen LogP contribution in [0.15, 0.2) is 12.1 Å². The molecule has 76 valence electrons. The Morgan fingerprint density at radius 1 is 1.43 bits per heavy atom. The maximum atomic E-state index is 6.18. The van der Waals surface area contributed by atoms with Crippen molar-refractivity contribution in [2.24, 2.45) is 5.73 Å². The van der Waals surface area contributed by atoms with Gasteiger partial charge in [-0.25, -0.2) is 0 Å². The predicted molar refractivity (Wildman–Crippen MR) is 57.8 cm³/mol. The second-order valence-corrected chi connectivity index (χ2v) is 4.39. The minimum Gasteiger partial charge on any atom is -0.496 e. The van der Waals surface area contributed by atoms with Crippen molar-refractivity contribution in [3.05, 3.63) is 28.3 Å². The zero-order valence-corrected chi connectivity index (χ0v) is 9.19. The molecule has 0 saturated heterocycles. The first-order valence-electron chi connectivity index (χ1n) is 4.70. The molecule has 1 aromatic rings. The molecule has 0 aromatic heterocycles. The second kappa shape index (κ2) is 3.14. The average Bonchev–Trinajstić information content (AvgIpc) is 2.82. The van der Waals surface area contributed by atoms with Crippen LogP contribution in [-0.4, -0.2) is 7.11 Å². The van der Waals surface area contributed by atoms with Crippen LogP contribution in [0.5, 0.6) is 5.75 Å². The second-order valence-electron chi connectivity index (χ2n) is 3.98. The minimum atomic E-state index is -0.240. The largest absolute Gasteiger partial charge is 0.496 e. The van der Waals surface area contributed by atoms with Gasteiger partial charge < -0.3 is 10.5 Å². The van der Waals surface area contributed by atoms with Crippen molar-refractivity contribution in [1.29, 1.82) is 0 Å². The van der Waals surface area contributed by atoms with Crippen LogP contribution < -0.4 is 10.5 Å². The number of hydrogen-bond donors (Lipinski definition) is 1. The van der Waals surface area contributed by atoms with Crippen molar-refractivity contribution in [3.63, 3.8) is 0 Å². The fraction of sp³-hybridized carbons (Fsp3) is 0.455. The average molecular weight is 212 g/mol. The first-order valence-corrected chi connectivity index (χ1v) is 5.08. The monoisotopic (exact) mass is 211 g/mol. The van der Waals surface area contributed by atoms with Crippen molar-refractivity contribution in [3.8, 4) is 5.75 Å². The molecule has 0 unspecified atom stereocenters. The lowest BCUT2D eigenvalue weighted by Crippen LogP contribution is -2.20. The van der Waals surface area contributed by atoms with E-state index in [4.69, 9.17) is 22.1 Å². The van der Waals surface area contributed by atoms with Crippen LogP contribution in [0.25, 0.3) is 0 Å². The molecule has 0 radical (unpaired) electrons. The van der Waals surface area contributed by atoms with Crippen molar-refractivity contribution in [2.45, 2.75) is 25.3 Å². The van der Waals surface area contributed by atoms with Crippen LogP contribution in [0.1, 0.15) is 24.0 Å². The Balaban J connectivity index is 2.56. The minimum absolute atomic E-state index is 0.240. The van der Waals surface area contributed by atoms with Gasteiger partial charge in [-0.15, -0.1) is 0 Å². The van der Waals surface area contributed by atoms with Gasteiger partial charge in [0.25, 0.3) is 0 Å². The molecule has 0 atom stereocenters. The lowest BCUT2D eigenvalue weighted by atomic mass is 10.0. The highest BCUT2D eigenvalue weighted by Gasteiger charge is 2.43. The summed E-state index contributed by atoms with van der Waals surface area (Å²) in [6.45, 7) is 1.99. The molecule has 3 heteroatoms. The number of ether oxygens (including phenoxy) is 1. The van der Waals surface area contributed by atoms with Gasteiger partial charge in [0.2, 0.25) is 0 Å². The standard InChI is InChI=1S/C11H14ClNO/c1-7-5-8(12)10(9(6-7)14-2)11(13)3-4-11/h5-6H,3-4,13H2,1-2H3. The molecular formula is C11H14ClNO. The zero-order valence-electron chi connectivity index (χ0n) is 8.43. The van der Waals surface area contributed by atoms with Gasteiger partial charge in [-0.3, -0.25) is 0 Å². The molecule has 0 amide bonds. The van der Waals surface area contributed by atoms with Crippen molar-refractivity contribution < 1.29 is 4.74 Å². The van der Waals surface area contributed by atoms with E-state index in [0.29, 0.717) is 0 Å². The van der Waals surface area contributed by atoms with Gasteiger partial charge in [0.15, 0.2) is 0 Å². The van der Waals surface area contributed by atoms with E-state index in [-0.39, 0.29) is 5.54 Å². The maximum Gasteiger partial charge on any atom is 0.125 e. The van der Waals surface area contributed by atoms with Crippen molar-refractivity contribution >= 4 is 11.6 Å². The SMILES string of the molecule is COc1cc(C)cc(Cl)c1C1(N)CC1. The van der Waals surface area contributed by atoms with Crippen molar-refractivity contribution in [1.82, 2.24) is 0 Å². The molecular weight excluding hydrogens is 198 g/mol. The molecule has 2 nitrogen and oxygen atoms in total. The molecule has 1 aliphatic rings. The molecule has 2 rings (SSSR count). The van der Waals surface area contributed by atoms with Crippen molar-refractivity contribution in [2.75, 3.05) is 7.11 Å². The number of hydrogen-bond acceptors (Lipinski definition) is 2. The molecule has 2 N–H and O–H groups in total. The topological polar surface area (TPSA) is 35.2 Å². The molecule has 0 bridgehead atoms. The Morgan fingerprint density at radius 2 is 2.07 bits per heavy atom. The molecule has 1 aliphatic carbocycles. The van der Waals surface area contributed by atoms with E-state index in [1.54, 1.807) is 7.11 Å². The Bertz CT molecular complexity index is 372. The first kappa shape index (κ1) is 9.81. The molecule has 0 aliphatic heterocycles. The quantitative estimate of drug-likeness (QED) is 0.816. The number of aryl methyl sites for hydroxylation is 1. The maximum absolute atomic E-state index is 6.18. The summed E-state index contributed by atoms with van der Waals surface area (Å²) in [4.78, 5) is 0. The van der Waals surface area contributed by atoms with E-state index in [2.05, 4.69) is 0 Å². The summed E-state index contributed by atoms with van der Waals surface area (Å²) in [5, 5.41) is 0.724. The summed E-state index contributed by atoms with van der Waals surface area (Å²) in [5.74, 6) is 0.815. The van der Waals surface area contributed by atoms with Gasteiger partial charge in [0.05, 0.1) is 7.11 Å². The van der Waals surface area contributed by atoms with Gasteiger partial charge in [0.1, 0.15) is 5.75 Å². The summed E-state index contributed by atoms with van der Waals surface area (Å²) in [6, 6.07) is 3.92. The number of methoxy groups -OCH3 is 1. The summed E-state index contributed by atoms with van der Waals surface area (Å²) in [7, 11) is 1.65. The lowest BCUT2D eigenvalue weighted by Gasteiger charge is -2.16. The fourth-order valence-electron chi connectivity index (χ4n) is 1.74. The third-order valence-corrected chi connectivity index (χ3v) is 3.00. The van der Waals surface area contributed by atoms with E-state index in [9.17, 15) is 0 Å². The third kappa shape index (κ3) is 1.49. The molecule has 0 spiro atoms. The van der Waals surface area contributed by atoms with Crippen LogP contribution in [0.3, 0.4) is 0 Å². The molecule has 1 aromatic carbocycles. The van der Waals surface area contributed by atoms with Crippen LogP contribution in [0, 0.1) is 6.92 Å². The van der Waals surface area contributed by atoms with E-state index in [1.165, 1.54) is 0 Å². The summed E-state index contributed by atoms with van der Waals surface area (Å²) in [5.41, 5.74) is 7.95. The van der Waals surface area contributed by atoms with Gasteiger partial charge in [-0.05, 0) is 37.5 Å². The summed E-state index contributed by atoms with van der Waals surface area (Å²) < 4.78 is 5.31.